The number of urea groups is 1. The number of hydrogen-bond donors (Lipinski definition) is 1. The van der Waals surface area contributed by atoms with Crippen molar-refractivity contribution < 1.29 is 4.79 Å². The van der Waals surface area contributed by atoms with Crippen LogP contribution in [0.15, 0.2) is 54.9 Å². The van der Waals surface area contributed by atoms with Gasteiger partial charge in [-0.2, -0.15) is 5.26 Å². The van der Waals surface area contributed by atoms with Gasteiger partial charge in [-0.1, -0.05) is 53.0 Å². The van der Waals surface area contributed by atoms with Crippen molar-refractivity contribution in [3.8, 4) is 6.07 Å². The molecule has 1 spiro atoms. The largest absolute Gasteiger partial charge is 0.334 e. The lowest BCUT2D eigenvalue weighted by Gasteiger charge is -2.39. The van der Waals surface area contributed by atoms with Gasteiger partial charge in [-0.25, -0.2) is 14.8 Å². The Kier molecular flexibility index (Phi) is 7.87. The average molecular weight is 568 g/mol. The first-order chi connectivity index (χ1) is 18.4. The first-order valence-electron chi connectivity index (χ1n) is 12.3. The molecule has 0 radical (unpaired) electrons. The summed E-state index contributed by atoms with van der Waals surface area (Å²) in [5.74, 6) is 0. The number of benzene rings is 1. The predicted octanol–water partition coefficient (Wildman–Crippen LogP) is 6.09. The second-order valence-corrected chi connectivity index (χ2v) is 10.8. The van der Waals surface area contributed by atoms with Gasteiger partial charge in [0.05, 0.1) is 21.9 Å². The van der Waals surface area contributed by atoms with Crippen LogP contribution in [0.3, 0.4) is 0 Å². The minimum atomic E-state index is -0.217. The molecule has 2 amide bonds. The molecule has 38 heavy (non-hydrogen) atoms. The number of nitrogens with one attached hydrogen (secondary N) is 1. The van der Waals surface area contributed by atoms with Gasteiger partial charge in [0.25, 0.3) is 0 Å². The van der Waals surface area contributed by atoms with Crippen LogP contribution in [0.5, 0.6) is 0 Å². The number of halogens is 3. The Morgan fingerprint density at radius 1 is 1.11 bits per heavy atom. The quantitative estimate of drug-likeness (QED) is 0.378. The number of nitriles is 1. The Labute approximate surface area is 236 Å². The number of aromatic nitrogens is 2. The van der Waals surface area contributed by atoms with Crippen molar-refractivity contribution in [1.29, 1.82) is 5.26 Å². The molecule has 5 rings (SSSR count). The molecule has 0 saturated carbocycles. The minimum Gasteiger partial charge on any atom is -0.334 e. The molecule has 194 valence electrons. The maximum atomic E-state index is 13.3. The van der Waals surface area contributed by atoms with Crippen molar-refractivity contribution in [3.05, 3.63) is 92.5 Å². The number of fused-ring (bicyclic) bond motifs is 2. The topological polar surface area (TPSA) is 85.1 Å². The number of carbonyl (C=O) groups is 1. The van der Waals surface area contributed by atoms with E-state index in [9.17, 15) is 10.1 Å². The first-order valence-corrected chi connectivity index (χ1v) is 13.4. The number of nitrogens with zero attached hydrogens (tertiary/aromatic N) is 5. The number of amides is 2. The van der Waals surface area contributed by atoms with Gasteiger partial charge in [-0.05, 0) is 73.0 Å². The molecule has 0 aliphatic carbocycles. The van der Waals surface area contributed by atoms with E-state index in [4.69, 9.17) is 34.8 Å². The number of likely N-dealkylation sites (tertiary alicyclic amines) is 1. The molecule has 0 atom stereocenters. The summed E-state index contributed by atoms with van der Waals surface area (Å²) in [6.07, 6.45) is 9.19. The number of pyridine rings is 2. The van der Waals surface area contributed by atoms with Crippen LogP contribution in [-0.2, 0) is 12.0 Å². The van der Waals surface area contributed by atoms with Gasteiger partial charge in [-0.15, -0.1) is 0 Å². The van der Waals surface area contributed by atoms with Crippen molar-refractivity contribution in [1.82, 2.24) is 20.2 Å². The van der Waals surface area contributed by atoms with Gasteiger partial charge in [0.2, 0.25) is 0 Å². The van der Waals surface area contributed by atoms with E-state index in [1.165, 1.54) is 0 Å². The van der Waals surface area contributed by atoms with Gasteiger partial charge >= 0.3 is 6.03 Å². The van der Waals surface area contributed by atoms with E-state index in [0.717, 1.165) is 54.9 Å². The van der Waals surface area contributed by atoms with E-state index in [1.807, 2.05) is 30.3 Å². The van der Waals surface area contributed by atoms with Crippen molar-refractivity contribution in [2.75, 3.05) is 31.1 Å². The number of piperidine rings is 1. The third kappa shape index (κ3) is 5.64. The normalized spacial score (nSPS) is 16.5. The SMILES string of the molecule is N#Cc1cc2c(cn1)N(C(=O)NCc1ccnc(Cl)c1)CC21CCN(C/C=C/c2ccc(Cl)c(Cl)c2)CC1. The Bertz CT molecular complexity index is 1430. The monoisotopic (exact) mass is 566 g/mol. The lowest BCUT2D eigenvalue weighted by molar-refractivity contribution is 0.180. The molecule has 10 heteroatoms. The van der Waals surface area contributed by atoms with Crippen LogP contribution in [0, 0.1) is 11.3 Å². The summed E-state index contributed by atoms with van der Waals surface area (Å²) < 4.78 is 0. The summed E-state index contributed by atoms with van der Waals surface area (Å²) in [7, 11) is 0. The van der Waals surface area contributed by atoms with Gasteiger partial charge in [0, 0.05) is 31.2 Å². The Hall–Kier alpha value is -3.15. The van der Waals surface area contributed by atoms with Crippen LogP contribution in [0.1, 0.15) is 35.2 Å². The fourth-order valence-electron chi connectivity index (χ4n) is 5.17. The van der Waals surface area contributed by atoms with Gasteiger partial charge in [0.1, 0.15) is 16.9 Å². The second-order valence-electron chi connectivity index (χ2n) is 9.59. The molecule has 2 aromatic heterocycles. The Balaban J connectivity index is 1.27. The van der Waals surface area contributed by atoms with E-state index in [0.29, 0.717) is 34.0 Å². The highest BCUT2D eigenvalue weighted by atomic mass is 35.5. The Morgan fingerprint density at radius 2 is 1.92 bits per heavy atom. The molecular weight excluding hydrogens is 543 g/mol. The number of carbonyl (C=O) groups excluding carboxylic acids is 1. The van der Waals surface area contributed by atoms with Crippen LogP contribution in [-0.4, -0.2) is 47.1 Å². The van der Waals surface area contributed by atoms with Crippen LogP contribution in [0.2, 0.25) is 15.2 Å². The molecule has 0 unspecified atom stereocenters. The highest BCUT2D eigenvalue weighted by Crippen LogP contribution is 2.47. The molecule has 1 saturated heterocycles. The lowest BCUT2D eigenvalue weighted by Crippen LogP contribution is -2.47. The lowest BCUT2D eigenvalue weighted by atomic mass is 9.74. The molecule has 3 aromatic rings. The van der Waals surface area contributed by atoms with E-state index in [2.05, 4.69) is 32.3 Å². The molecular formula is C28H25Cl3N6O. The van der Waals surface area contributed by atoms with Crippen LogP contribution >= 0.6 is 34.8 Å². The molecule has 1 aromatic carbocycles. The molecule has 2 aliphatic heterocycles. The van der Waals surface area contributed by atoms with Gasteiger partial charge < -0.3 is 5.32 Å². The van der Waals surface area contributed by atoms with Gasteiger partial charge in [0.15, 0.2) is 0 Å². The summed E-state index contributed by atoms with van der Waals surface area (Å²) in [5, 5.41) is 13.9. The molecule has 2 aliphatic rings. The maximum absolute atomic E-state index is 13.3. The van der Waals surface area contributed by atoms with E-state index >= 15 is 0 Å². The summed E-state index contributed by atoms with van der Waals surface area (Å²) >= 11 is 18.1. The zero-order valence-electron chi connectivity index (χ0n) is 20.5. The summed E-state index contributed by atoms with van der Waals surface area (Å²) in [6.45, 7) is 3.44. The highest BCUT2D eigenvalue weighted by Gasteiger charge is 2.46. The number of anilines is 1. The smallest absolute Gasteiger partial charge is 0.322 e. The van der Waals surface area contributed by atoms with E-state index in [-0.39, 0.29) is 11.4 Å². The maximum Gasteiger partial charge on any atom is 0.322 e. The summed E-state index contributed by atoms with van der Waals surface area (Å²) in [5.41, 5.74) is 3.81. The van der Waals surface area contributed by atoms with Crippen LogP contribution < -0.4 is 10.2 Å². The zero-order valence-corrected chi connectivity index (χ0v) is 22.8. The third-order valence-corrected chi connectivity index (χ3v) is 8.18. The number of hydrogen-bond acceptors (Lipinski definition) is 5. The molecule has 1 N–H and O–H groups in total. The third-order valence-electron chi connectivity index (χ3n) is 7.23. The van der Waals surface area contributed by atoms with Crippen molar-refractivity contribution in [3.63, 3.8) is 0 Å². The van der Waals surface area contributed by atoms with Crippen LogP contribution in [0.4, 0.5) is 10.5 Å². The highest BCUT2D eigenvalue weighted by molar-refractivity contribution is 6.42. The van der Waals surface area contributed by atoms with Crippen molar-refractivity contribution in [2.24, 2.45) is 0 Å². The van der Waals surface area contributed by atoms with E-state index < -0.39 is 0 Å². The summed E-state index contributed by atoms with van der Waals surface area (Å²) in [4.78, 5) is 25.7. The number of rotatable bonds is 5. The standard InChI is InChI=1S/C28H25Cl3N6O/c29-23-4-3-19(12-24(23)30)2-1-9-36-10-6-28(7-11-36)18-37(25-17-34-21(15-32)14-22(25)28)27(38)35-16-20-5-8-33-26(31)13-20/h1-5,8,12-14,17H,6-7,9-11,16,18H2,(H,35,38)/b2-1+. The van der Waals surface area contributed by atoms with Crippen molar-refractivity contribution >= 4 is 52.6 Å². The molecule has 1 fully saturated rings. The average Bonchev–Trinajstić information content (AvgIpc) is 3.23. The molecule has 4 heterocycles. The van der Waals surface area contributed by atoms with Crippen molar-refractivity contribution in [2.45, 2.75) is 24.8 Å². The van der Waals surface area contributed by atoms with Gasteiger partial charge in [-0.3, -0.25) is 9.80 Å². The molecule has 0 bridgehead atoms. The van der Waals surface area contributed by atoms with E-state index in [1.54, 1.807) is 29.4 Å². The fraction of sp³-hybridized carbons (Fsp3) is 0.286. The van der Waals surface area contributed by atoms with Crippen LogP contribution in [0.25, 0.3) is 6.08 Å². The summed E-state index contributed by atoms with van der Waals surface area (Å²) in [6, 6.07) is 12.9. The fourth-order valence-corrected chi connectivity index (χ4v) is 5.68. The molecule has 7 nitrogen and oxygen atoms in total. The zero-order chi connectivity index (χ0) is 26.7. The first kappa shape index (κ1) is 26.5. The second kappa shape index (κ2) is 11.3. The predicted molar refractivity (Wildman–Crippen MR) is 151 cm³/mol. The Morgan fingerprint density at radius 3 is 2.66 bits per heavy atom. The minimum absolute atomic E-state index is 0.199.